The number of amides is 1. The molecule has 0 aliphatic rings. The molecule has 0 saturated carbocycles. The summed E-state index contributed by atoms with van der Waals surface area (Å²) in [4.78, 5) is 20.2. The topological polar surface area (TPSA) is 54.9 Å². The molecule has 0 saturated heterocycles. The van der Waals surface area contributed by atoms with Gasteiger partial charge in [0, 0.05) is 12.3 Å². The molecule has 4 nitrogen and oxygen atoms in total. The van der Waals surface area contributed by atoms with Gasteiger partial charge in [-0.1, -0.05) is 29.8 Å². The van der Waals surface area contributed by atoms with E-state index in [1.165, 1.54) is 6.08 Å². The van der Waals surface area contributed by atoms with E-state index >= 15 is 0 Å². The number of rotatable bonds is 4. The van der Waals surface area contributed by atoms with E-state index in [2.05, 4.69) is 15.3 Å². The van der Waals surface area contributed by atoms with E-state index in [1.807, 2.05) is 24.3 Å². The zero-order valence-corrected chi connectivity index (χ0v) is 13.1. The Morgan fingerprint density at radius 2 is 2.14 bits per heavy atom. The van der Waals surface area contributed by atoms with Gasteiger partial charge in [-0.2, -0.15) is 0 Å². The van der Waals surface area contributed by atoms with Gasteiger partial charge in [0.1, 0.15) is 10.2 Å². The van der Waals surface area contributed by atoms with Crippen LogP contribution in [0.1, 0.15) is 10.6 Å². The maximum atomic E-state index is 11.8. The Morgan fingerprint density at radius 3 is 2.91 bits per heavy atom. The number of benzene rings is 1. The molecular formula is C16H12ClN3OS. The summed E-state index contributed by atoms with van der Waals surface area (Å²) in [7, 11) is 0. The van der Waals surface area contributed by atoms with Crippen LogP contribution in [0, 0.1) is 0 Å². The molecule has 0 aliphatic heterocycles. The van der Waals surface area contributed by atoms with Gasteiger partial charge in [-0.25, -0.2) is 9.97 Å². The number of hydrogen-bond donors (Lipinski definition) is 1. The summed E-state index contributed by atoms with van der Waals surface area (Å²) in [6.07, 6.45) is 4.77. The smallest absolute Gasteiger partial charge is 0.244 e. The van der Waals surface area contributed by atoms with E-state index in [0.717, 1.165) is 20.8 Å². The number of carbonyl (C=O) groups excluding carboxylic acids is 1. The monoisotopic (exact) mass is 329 g/mol. The third-order valence-corrected chi connectivity index (χ3v) is 4.19. The van der Waals surface area contributed by atoms with Crippen molar-refractivity contribution in [2.75, 3.05) is 0 Å². The molecule has 6 heteroatoms. The lowest BCUT2D eigenvalue weighted by Gasteiger charge is -1.98. The van der Waals surface area contributed by atoms with Crippen molar-refractivity contribution in [3.63, 3.8) is 0 Å². The predicted octanol–water partition coefficient (Wildman–Crippen LogP) is 3.67. The second-order valence-corrected chi connectivity index (χ2v) is 6.04. The molecule has 3 aromatic rings. The van der Waals surface area contributed by atoms with Crippen molar-refractivity contribution in [2.45, 2.75) is 6.54 Å². The second kappa shape index (κ2) is 6.68. The highest BCUT2D eigenvalue weighted by Gasteiger charge is 2.03. The lowest BCUT2D eigenvalue weighted by atomic mass is 10.2. The lowest BCUT2D eigenvalue weighted by Crippen LogP contribution is -2.20. The van der Waals surface area contributed by atoms with Gasteiger partial charge in [-0.3, -0.25) is 4.79 Å². The molecule has 0 aliphatic carbocycles. The molecule has 1 N–H and O–H groups in total. The van der Waals surface area contributed by atoms with Crippen LogP contribution in [0.4, 0.5) is 0 Å². The van der Waals surface area contributed by atoms with E-state index < -0.39 is 0 Å². The molecule has 3 rings (SSSR count). The van der Waals surface area contributed by atoms with Crippen LogP contribution in [0.3, 0.4) is 0 Å². The van der Waals surface area contributed by atoms with Crippen LogP contribution in [-0.2, 0) is 11.3 Å². The zero-order chi connectivity index (χ0) is 15.4. The summed E-state index contributed by atoms with van der Waals surface area (Å²) < 4.78 is 1.12. The third kappa shape index (κ3) is 3.69. The van der Waals surface area contributed by atoms with Gasteiger partial charge in [0.05, 0.1) is 16.8 Å². The molecule has 0 bridgehead atoms. The fourth-order valence-electron chi connectivity index (χ4n) is 1.87. The largest absolute Gasteiger partial charge is 0.346 e. The number of nitrogens with one attached hydrogen (secondary N) is 1. The average Bonchev–Trinajstić information content (AvgIpc) is 2.95. The minimum Gasteiger partial charge on any atom is -0.346 e. The Balaban J connectivity index is 1.58. The number of nitrogens with zero attached hydrogens (tertiary/aromatic N) is 2. The van der Waals surface area contributed by atoms with Gasteiger partial charge in [-0.15, -0.1) is 11.3 Å². The van der Waals surface area contributed by atoms with Crippen molar-refractivity contribution in [3.05, 3.63) is 64.4 Å². The van der Waals surface area contributed by atoms with Crippen molar-refractivity contribution < 1.29 is 4.79 Å². The minimum atomic E-state index is -0.172. The van der Waals surface area contributed by atoms with Crippen molar-refractivity contribution >= 4 is 45.1 Å². The Labute approximate surface area is 136 Å². The summed E-state index contributed by atoms with van der Waals surface area (Å²) >= 11 is 7.29. The van der Waals surface area contributed by atoms with Gasteiger partial charge in [-0.05, 0) is 29.8 Å². The SMILES string of the molecule is O=C(C=Cc1ccc(Cl)nc1)NCc1nc2ccccc2s1. The number of hydrogen-bond acceptors (Lipinski definition) is 4. The van der Waals surface area contributed by atoms with E-state index in [0.29, 0.717) is 11.7 Å². The first-order chi connectivity index (χ1) is 10.7. The first-order valence-electron chi connectivity index (χ1n) is 6.62. The van der Waals surface area contributed by atoms with Gasteiger partial charge >= 0.3 is 0 Å². The molecule has 1 amide bonds. The molecule has 1 aromatic carbocycles. The number of carbonyl (C=O) groups is 1. The highest BCUT2D eigenvalue weighted by Crippen LogP contribution is 2.21. The highest BCUT2D eigenvalue weighted by atomic mass is 35.5. The van der Waals surface area contributed by atoms with E-state index in [9.17, 15) is 4.79 Å². The number of fused-ring (bicyclic) bond motifs is 1. The zero-order valence-electron chi connectivity index (χ0n) is 11.5. The van der Waals surface area contributed by atoms with E-state index in [-0.39, 0.29) is 5.91 Å². The number of para-hydroxylation sites is 1. The Morgan fingerprint density at radius 1 is 1.27 bits per heavy atom. The van der Waals surface area contributed by atoms with Crippen molar-refractivity contribution in [1.29, 1.82) is 0 Å². The molecule has 0 unspecified atom stereocenters. The number of aromatic nitrogens is 2. The Kier molecular flexibility index (Phi) is 4.46. The first-order valence-corrected chi connectivity index (χ1v) is 7.82. The number of pyridine rings is 1. The standard InChI is InChI=1S/C16H12ClN3OS/c17-14-7-5-11(9-18-14)6-8-15(21)19-10-16-20-12-3-1-2-4-13(12)22-16/h1-9H,10H2,(H,19,21). The summed E-state index contributed by atoms with van der Waals surface area (Å²) in [5.41, 5.74) is 1.78. The van der Waals surface area contributed by atoms with Crippen LogP contribution in [0.15, 0.2) is 48.7 Å². The summed E-state index contributed by atoms with van der Waals surface area (Å²) in [6, 6.07) is 11.4. The quantitative estimate of drug-likeness (QED) is 0.587. The van der Waals surface area contributed by atoms with Gasteiger partial charge in [0.2, 0.25) is 5.91 Å². The predicted molar refractivity (Wildman–Crippen MR) is 89.7 cm³/mol. The Hall–Kier alpha value is -2.24. The maximum Gasteiger partial charge on any atom is 0.244 e. The summed E-state index contributed by atoms with van der Waals surface area (Å²) in [5, 5.41) is 4.13. The average molecular weight is 330 g/mol. The minimum absolute atomic E-state index is 0.172. The molecule has 2 aromatic heterocycles. The van der Waals surface area contributed by atoms with Crippen LogP contribution in [-0.4, -0.2) is 15.9 Å². The molecule has 0 spiro atoms. The number of thiazole rings is 1. The van der Waals surface area contributed by atoms with Crippen molar-refractivity contribution in [2.24, 2.45) is 0 Å². The fraction of sp³-hybridized carbons (Fsp3) is 0.0625. The van der Waals surface area contributed by atoms with E-state index in [4.69, 9.17) is 11.6 Å². The van der Waals surface area contributed by atoms with Crippen LogP contribution >= 0.6 is 22.9 Å². The lowest BCUT2D eigenvalue weighted by molar-refractivity contribution is -0.116. The normalized spacial score (nSPS) is 11.1. The summed E-state index contributed by atoms with van der Waals surface area (Å²) in [5.74, 6) is -0.172. The first kappa shape index (κ1) is 14.7. The molecule has 0 radical (unpaired) electrons. The molecular weight excluding hydrogens is 318 g/mol. The second-order valence-electron chi connectivity index (χ2n) is 4.54. The molecule has 0 atom stereocenters. The van der Waals surface area contributed by atoms with Crippen LogP contribution in [0.25, 0.3) is 16.3 Å². The van der Waals surface area contributed by atoms with Crippen molar-refractivity contribution in [1.82, 2.24) is 15.3 Å². The van der Waals surface area contributed by atoms with E-state index in [1.54, 1.807) is 35.7 Å². The van der Waals surface area contributed by atoms with Gasteiger partial charge in [0.15, 0.2) is 0 Å². The molecule has 2 heterocycles. The third-order valence-electron chi connectivity index (χ3n) is 2.93. The number of halogens is 1. The van der Waals surface area contributed by atoms with Crippen LogP contribution in [0.2, 0.25) is 5.15 Å². The van der Waals surface area contributed by atoms with Gasteiger partial charge < -0.3 is 5.32 Å². The summed E-state index contributed by atoms with van der Waals surface area (Å²) in [6.45, 7) is 0.418. The van der Waals surface area contributed by atoms with Crippen LogP contribution in [0.5, 0.6) is 0 Å². The highest BCUT2D eigenvalue weighted by molar-refractivity contribution is 7.18. The van der Waals surface area contributed by atoms with Gasteiger partial charge in [0.25, 0.3) is 0 Å². The fourth-order valence-corrected chi connectivity index (χ4v) is 2.89. The molecule has 22 heavy (non-hydrogen) atoms. The Bertz CT molecular complexity index is 794. The van der Waals surface area contributed by atoms with Crippen molar-refractivity contribution in [3.8, 4) is 0 Å². The molecule has 110 valence electrons. The molecule has 0 fully saturated rings. The maximum absolute atomic E-state index is 11.8. The van der Waals surface area contributed by atoms with Crippen LogP contribution < -0.4 is 5.32 Å².